The molecule has 2 aromatic carbocycles. The number of aliphatic hydroxyl groups excluding tert-OH is 2. The second kappa shape index (κ2) is 9.13. The lowest BCUT2D eigenvalue weighted by Gasteiger charge is -2.22. The Morgan fingerprint density at radius 2 is 1.66 bits per heavy atom. The van der Waals surface area contributed by atoms with Gasteiger partial charge in [-0.2, -0.15) is 13.2 Å². The zero-order valence-electron chi connectivity index (χ0n) is 15.3. The Hall–Kier alpha value is -2.81. The van der Waals surface area contributed by atoms with Gasteiger partial charge in [-0.05, 0) is 23.8 Å². The molecular weight excluding hydrogens is 383 g/mol. The Kier molecular flexibility index (Phi) is 6.58. The SMILES string of the molecule is OC[C@@H](NCc1ccnc(-c2ccc(C(F)(F)F)cc2)n1)[C@H](O)c1ccccc1. The van der Waals surface area contributed by atoms with Crippen molar-refractivity contribution in [3.05, 3.63) is 83.7 Å². The van der Waals surface area contributed by atoms with Crippen LogP contribution in [0.5, 0.6) is 0 Å². The van der Waals surface area contributed by atoms with Crippen LogP contribution >= 0.6 is 0 Å². The number of hydrogen-bond donors (Lipinski definition) is 3. The van der Waals surface area contributed by atoms with Crippen LogP contribution in [0, 0.1) is 0 Å². The average molecular weight is 403 g/mol. The second-order valence-corrected chi connectivity index (χ2v) is 6.47. The maximum atomic E-state index is 12.7. The molecule has 0 fully saturated rings. The zero-order valence-corrected chi connectivity index (χ0v) is 15.3. The van der Waals surface area contributed by atoms with Crippen molar-refractivity contribution in [2.24, 2.45) is 0 Å². The fourth-order valence-electron chi connectivity index (χ4n) is 2.84. The van der Waals surface area contributed by atoms with E-state index in [1.165, 1.54) is 18.3 Å². The van der Waals surface area contributed by atoms with E-state index in [4.69, 9.17) is 0 Å². The van der Waals surface area contributed by atoms with Crippen LogP contribution < -0.4 is 5.32 Å². The highest BCUT2D eigenvalue weighted by molar-refractivity contribution is 5.55. The molecule has 0 bridgehead atoms. The molecule has 2 atom stereocenters. The average Bonchev–Trinajstić information content (AvgIpc) is 2.74. The molecule has 0 unspecified atom stereocenters. The summed E-state index contributed by atoms with van der Waals surface area (Å²) in [5.74, 6) is 0.294. The van der Waals surface area contributed by atoms with Crippen molar-refractivity contribution in [2.75, 3.05) is 6.61 Å². The van der Waals surface area contributed by atoms with Gasteiger partial charge in [0.05, 0.1) is 30.0 Å². The Morgan fingerprint density at radius 1 is 0.966 bits per heavy atom. The maximum absolute atomic E-state index is 12.7. The van der Waals surface area contributed by atoms with E-state index < -0.39 is 23.9 Å². The molecule has 3 rings (SSSR count). The lowest BCUT2D eigenvalue weighted by Crippen LogP contribution is -2.37. The summed E-state index contributed by atoms with van der Waals surface area (Å²) >= 11 is 0. The molecule has 0 saturated heterocycles. The normalized spacial score (nSPS) is 13.8. The van der Waals surface area contributed by atoms with E-state index in [-0.39, 0.29) is 13.2 Å². The minimum absolute atomic E-state index is 0.241. The third-order valence-electron chi connectivity index (χ3n) is 4.45. The Bertz CT molecular complexity index is 918. The predicted octanol–water partition coefficient (Wildman–Crippen LogP) is 3.35. The molecule has 5 nitrogen and oxygen atoms in total. The van der Waals surface area contributed by atoms with Crippen LogP contribution in [0.15, 0.2) is 66.9 Å². The topological polar surface area (TPSA) is 78.3 Å². The van der Waals surface area contributed by atoms with Gasteiger partial charge in [-0.3, -0.25) is 0 Å². The van der Waals surface area contributed by atoms with Crippen molar-refractivity contribution in [1.29, 1.82) is 0 Å². The first-order chi connectivity index (χ1) is 13.9. The molecule has 0 amide bonds. The third-order valence-corrected chi connectivity index (χ3v) is 4.45. The number of alkyl halides is 3. The lowest BCUT2D eigenvalue weighted by molar-refractivity contribution is -0.137. The van der Waals surface area contributed by atoms with E-state index in [1.807, 2.05) is 6.07 Å². The van der Waals surface area contributed by atoms with Crippen molar-refractivity contribution >= 4 is 0 Å². The fraction of sp³-hybridized carbons (Fsp3) is 0.238. The van der Waals surface area contributed by atoms with Crippen molar-refractivity contribution in [2.45, 2.75) is 24.9 Å². The van der Waals surface area contributed by atoms with Crippen LogP contribution in [-0.2, 0) is 12.7 Å². The molecule has 0 spiro atoms. The monoisotopic (exact) mass is 403 g/mol. The van der Waals surface area contributed by atoms with Crippen LogP contribution in [0.2, 0.25) is 0 Å². The van der Waals surface area contributed by atoms with Crippen LogP contribution in [0.4, 0.5) is 13.2 Å². The van der Waals surface area contributed by atoms with Crippen molar-refractivity contribution in [1.82, 2.24) is 15.3 Å². The lowest BCUT2D eigenvalue weighted by atomic mass is 10.0. The highest BCUT2D eigenvalue weighted by Crippen LogP contribution is 2.30. The van der Waals surface area contributed by atoms with E-state index in [0.717, 1.165) is 12.1 Å². The van der Waals surface area contributed by atoms with E-state index in [0.29, 0.717) is 22.6 Å². The van der Waals surface area contributed by atoms with Gasteiger partial charge in [-0.25, -0.2) is 9.97 Å². The number of nitrogens with zero attached hydrogens (tertiary/aromatic N) is 2. The van der Waals surface area contributed by atoms with Crippen LogP contribution in [0.25, 0.3) is 11.4 Å². The molecule has 1 aromatic heterocycles. The number of rotatable bonds is 7. The summed E-state index contributed by atoms with van der Waals surface area (Å²) in [5, 5.41) is 23.1. The summed E-state index contributed by atoms with van der Waals surface area (Å²) in [7, 11) is 0. The summed E-state index contributed by atoms with van der Waals surface area (Å²) in [6.07, 6.45) is -3.79. The maximum Gasteiger partial charge on any atom is 0.416 e. The summed E-state index contributed by atoms with van der Waals surface area (Å²) in [6, 6.07) is 14.6. The molecule has 0 aliphatic rings. The second-order valence-electron chi connectivity index (χ2n) is 6.47. The third kappa shape index (κ3) is 5.38. The van der Waals surface area contributed by atoms with Gasteiger partial charge in [0.25, 0.3) is 0 Å². The standard InChI is InChI=1S/C21H20F3N3O2/c22-21(23,24)16-8-6-15(7-9-16)20-25-11-10-17(27-20)12-26-18(13-28)19(29)14-4-2-1-3-5-14/h1-11,18-19,26,28-29H,12-13H2/t18-,19-/m1/s1. The van der Waals surface area contributed by atoms with Gasteiger partial charge in [0.2, 0.25) is 0 Å². The Labute approximate surface area is 165 Å². The van der Waals surface area contributed by atoms with Gasteiger partial charge in [-0.15, -0.1) is 0 Å². The Morgan fingerprint density at radius 3 is 2.28 bits per heavy atom. The molecule has 0 saturated carbocycles. The molecule has 3 N–H and O–H groups in total. The summed E-state index contributed by atoms with van der Waals surface area (Å²) in [5.41, 5.74) is 0.975. The van der Waals surface area contributed by atoms with E-state index in [1.54, 1.807) is 30.3 Å². The molecule has 8 heteroatoms. The minimum atomic E-state index is -4.40. The van der Waals surface area contributed by atoms with Gasteiger partial charge in [0.15, 0.2) is 5.82 Å². The highest BCUT2D eigenvalue weighted by Gasteiger charge is 2.30. The molecule has 1 heterocycles. The number of benzene rings is 2. The molecule has 3 aromatic rings. The summed E-state index contributed by atoms with van der Waals surface area (Å²) in [6.45, 7) is -0.0435. The van der Waals surface area contributed by atoms with Gasteiger partial charge in [0, 0.05) is 18.3 Å². The first kappa shape index (κ1) is 20.9. The fourth-order valence-corrected chi connectivity index (χ4v) is 2.84. The van der Waals surface area contributed by atoms with E-state index in [2.05, 4.69) is 15.3 Å². The van der Waals surface area contributed by atoms with Crippen LogP contribution in [-0.4, -0.2) is 32.8 Å². The summed E-state index contributed by atoms with van der Waals surface area (Å²) < 4.78 is 38.1. The van der Waals surface area contributed by atoms with Crippen LogP contribution in [0.1, 0.15) is 22.9 Å². The number of hydrogen-bond acceptors (Lipinski definition) is 5. The van der Waals surface area contributed by atoms with Gasteiger partial charge < -0.3 is 15.5 Å². The quantitative estimate of drug-likeness (QED) is 0.564. The smallest absolute Gasteiger partial charge is 0.395 e. The molecule has 152 valence electrons. The van der Waals surface area contributed by atoms with Gasteiger partial charge in [0.1, 0.15) is 0 Å². The molecule has 0 radical (unpaired) electrons. The summed E-state index contributed by atoms with van der Waals surface area (Å²) in [4.78, 5) is 8.47. The highest BCUT2D eigenvalue weighted by atomic mass is 19.4. The molecule has 29 heavy (non-hydrogen) atoms. The van der Waals surface area contributed by atoms with E-state index >= 15 is 0 Å². The number of aromatic nitrogens is 2. The molecule has 0 aliphatic carbocycles. The zero-order chi connectivity index (χ0) is 20.9. The number of nitrogens with one attached hydrogen (secondary N) is 1. The van der Waals surface area contributed by atoms with Gasteiger partial charge in [-0.1, -0.05) is 42.5 Å². The van der Waals surface area contributed by atoms with E-state index in [9.17, 15) is 23.4 Å². The van der Waals surface area contributed by atoms with Crippen molar-refractivity contribution in [3.63, 3.8) is 0 Å². The molecular formula is C21H20F3N3O2. The largest absolute Gasteiger partial charge is 0.416 e. The van der Waals surface area contributed by atoms with Crippen LogP contribution in [0.3, 0.4) is 0 Å². The Balaban J connectivity index is 1.69. The van der Waals surface area contributed by atoms with Crippen molar-refractivity contribution in [3.8, 4) is 11.4 Å². The van der Waals surface area contributed by atoms with Crippen molar-refractivity contribution < 1.29 is 23.4 Å². The van der Waals surface area contributed by atoms with Gasteiger partial charge >= 0.3 is 6.18 Å². The minimum Gasteiger partial charge on any atom is -0.395 e. The number of aliphatic hydroxyl groups is 2. The first-order valence-corrected chi connectivity index (χ1v) is 8.95. The number of halogens is 3. The first-order valence-electron chi connectivity index (χ1n) is 8.95. The molecule has 0 aliphatic heterocycles. The predicted molar refractivity (Wildman–Crippen MR) is 102 cm³/mol.